The average Bonchev–Trinajstić information content (AvgIpc) is 3.45. The lowest BCUT2D eigenvalue weighted by Gasteiger charge is -2.21. The molecule has 7 nitrogen and oxygen atoms in total. The molecule has 29 heavy (non-hydrogen) atoms. The summed E-state index contributed by atoms with van der Waals surface area (Å²) >= 11 is 0. The standard InChI is InChI=1S/C22H29N3O4/c1-14-19-18(29-21(14)22(26)23-11-17-3-2-8-28-17)5-4-16-13-25(24-20(16)19)12-15-6-9-27-10-7-15/h13,15,17H,2-12H2,1H3,(H,23,26)/t17-/m0/s1. The van der Waals surface area contributed by atoms with Gasteiger partial charge < -0.3 is 19.2 Å². The van der Waals surface area contributed by atoms with Gasteiger partial charge in [-0.1, -0.05) is 0 Å². The summed E-state index contributed by atoms with van der Waals surface area (Å²) < 4.78 is 19.2. The number of rotatable bonds is 5. The maximum atomic E-state index is 12.7. The minimum atomic E-state index is -0.157. The smallest absolute Gasteiger partial charge is 0.287 e. The van der Waals surface area contributed by atoms with Crippen LogP contribution in [0.15, 0.2) is 10.6 Å². The number of nitrogens with zero attached hydrogens (tertiary/aromatic N) is 2. The van der Waals surface area contributed by atoms with Crippen molar-refractivity contribution in [1.29, 1.82) is 0 Å². The maximum absolute atomic E-state index is 12.7. The van der Waals surface area contributed by atoms with Crippen LogP contribution < -0.4 is 5.32 Å². The Kier molecular flexibility index (Phi) is 5.18. The van der Waals surface area contributed by atoms with Crippen LogP contribution in [0.2, 0.25) is 0 Å². The first-order valence-electron chi connectivity index (χ1n) is 10.9. The van der Waals surface area contributed by atoms with Crippen molar-refractivity contribution < 1.29 is 18.7 Å². The van der Waals surface area contributed by atoms with E-state index in [9.17, 15) is 4.79 Å². The molecule has 4 heterocycles. The van der Waals surface area contributed by atoms with Crippen molar-refractivity contribution in [2.45, 2.75) is 58.1 Å². The summed E-state index contributed by atoms with van der Waals surface area (Å²) in [6.45, 7) is 5.91. The molecule has 7 heteroatoms. The van der Waals surface area contributed by atoms with E-state index < -0.39 is 0 Å². The number of ether oxygens (including phenoxy) is 2. The molecule has 0 radical (unpaired) electrons. The molecular weight excluding hydrogens is 370 g/mol. The van der Waals surface area contributed by atoms with Crippen LogP contribution >= 0.6 is 0 Å². The Morgan fingerprint density at radius 3 is 2.90 bits per heavy atom. The second-order valence-corrected chi connectivity index (χ2v) is 8.48. The molecular formula is C22H29N3O4. The van der Waals surface area contributed by atoms with E-state index in [4.69, 9.17) is 19.0 Å². The van der Waals surface area contributed by atoms with Gasteiger partial charge in [0.2, 0.25) is 0 Å². The number of aromatic nitrogens is 2. The minimum Gasteiger partial charge on any atom is -0.455 e. The van der Waals surface area contributed by atoms with Crippen LogP contribution in [0.3, 0.4) is 0 Å². The largest absolute Gasteiger partial charge is 0.455 e. The van der Waals surface area contributed by atoms with Crippen molar-refractivity contribution in [1.82, 2.24) is 15.1 Å². The lowest BCUT2D eigenvalue weighted by Crippen LogP contribution is -2.31. The number of furan rings is 1. The molecule has 0 bridgehead atoms. The minimum absolute atomic E-state index is 0.122. The van der Waals surface area contributed by atoms with Gasteiger partial charge in [-0.05, 0) is 50.5 Å². The molecule has 1 atom stereocenters. The van der Waals surface area contributed by atoms with Crippen molar-refractivity contribution in [2.24, 2.45) is 5.92 Å². The quantitative estimate of drug-likeness (QED) is 0.836. The number of hydrogen-bond acceptors (Lipinski definition) is 5. The summed E-state index contributed by atoms with van der Waals surface area (Å²) in [7, 11) is 0. The third kappa shape index (κ3) is 3.73. The van der Waals surface area contributed by atoms with Gasteiger partial charge >= 0.3 is 0 Å². The number of carbonyl (C=O) groups excluding carboxylic acids is 1. The summed E-state index contributed by atoms with van der Waals surface area (Å²) in [5, 5.41) is 7.87. The van der Waals surface area contributed by atoms with E-state index in [0.29, 0.717) is 18.2 Å². The molecule has 0 spiro atoms. The highest BCUT2D eigenvalue weighted by molar-refractivity contribution is 5.95. The molecule has 1 N–H and O–H groups in total. The maximum Gasteiger partial charge on any atom is 0.287 e. The number of fused-ring (bicyclic) bond motifs is 3. The Morgan fingerprint density at radius 2 is 2.10 bits per heavy atom. The third-order valence-electron chi connectivity index (χ3n) is 6.42. The predicted octanol–water partition coefficient (Wildman–Crippen LogP) is 2.89. The van der Waals surface area contributed by atoms with Crippen LogP contribution in [0.4, 0.5) is 0 Å². The zero-order valence-corrected chi connectivity index (χ0v) is 17.0. The van der Waals surface area contributed by atoms with Gasteiger partial charge in [0.05, 0.1) is 11.8 Å². The van der Waals surface area contributed by atoms with Crippen LogP contribution in [0, 0.1) is 12.8 Å². The van der Waals surface area contributed by atoms with Gasteiger partial charge in [-0.25, -0.2) is 0 Å². The highest BCUT2D eigenvalue weighted by Crippen LogP contribution is 2.38. The van der Waals surface area contributed by atoms with E-state index in [-0.39, 0.29) is 12.0 Å². The van der Waals surface area contributed by atoms with Crippen molar-refractivity contribution >= 4 is 5.91 Å². The van der Waals surface area contributed by atoms with Gasteiger partial charge in [-0.2, -0.15) is 5.10 Å². The third-order valence-corrected chi connectivity index (χ3v) is 6.42. The second-order valence-electron chi connectivity index (χ2n) is 8.48. The van der Waals surface area contributed by atoms with Gasteiger partial charge in [0.25, 0.3) is 5.91 Å². The number of hydrogen-bond donors (Lipinski definition) is 1. The average molecular weight is 399 g/mol. The molecule has 2 saturated heterocycles. The molecule has 5 rings (SSSR count). The number of aryl methyl sites for hydroxylation is 2. The molecule has 1 aliphatic carbocycles. The van der Waals surface area contributed by atoms with Gasteiger partial charge in [0.1, 0.15) is 5.76 Å². The SMILES string of the molecule is Cc1c(C(=O)NC[C@@H]2CCCO2)oc2c1-c1nn(CC3CCOCC3)cc1CC2. The zero-order valence-electron chi connectivity index (χ0n) is 17.0. The van der Waals surface area contributed by atoms with E-state index >= 15 is 0 Å². The first kappa shape index (κ1) is 18.9. The van der Waals surface area contributed by atoms with E-state index in [0.717, 1.165) is 87.5 Å². The molecule has 2 aliphatic heterocycles. The van der Waals surface area contributed by atoms with Crippen molar-refractivity contribution in [3.05, 3.63) is 28.8 Å². The molecule has 0 unspecified atom stereocenters. The van der Waals surface area contributed by atoms with Crippen molar-refractivity contribution in [2.75, 3.05) is 26.4 Å². The van der Waals surface area contributed by atoms with Crippen LogP contribution in [-0.2, 0) is 28.9 Å². The van der Waals surface area contributed by atoms with Crippen molar-refractivity contribution in [3.8, 4) is 11.3 Å². The molecule has 0 saturated carbocycles. The summed E-state index contributed by atoms with van der Waals surface area (Å²) in [6.07, 6.45) is 8.26. The molecule has 1 amide bonds. The number of nitrogens with one attached hydrogen (secondary N) is 1. The van der Waals surface area contributed by atoms with Gasteiger partial charge in [-0.15, -0.1) is 0 Å². The highest BCUT2D eigenvalue weighted by atomic mass is 16.5. The first-order chi connectivity index (χ1) is 14.2. The highest BCUT2D eigenvalue weighted by Gasteiger charge is 2.30. The Balaban J connectivity index is 1.34. The Morgan fingerprint density at radius 1 is 1.24 bits per heavy atom. The normalized spacial score (nSPS) is 21.8. The fourth-order valence-electron chi connectivity index (χ4n) is 4.76. The number of carbonyl (C=O) groups is 1. The summed E-state index contributed by atoms with van der Waals surface area (Å²) in [6, 6.07) is 0. The molecule has 2 fully saturated rings. The second kappa shape index (κ2) is 7.95. The monoisotopic (exact) mass is 399 g/mol. The van der Waals surface area contributed by atoms with Crippen LogP contribution in [0.25, 0.3) is 11.3 Å². The number of amides is 1. The topological polar surface area (TPSA) is 78.5 Å². The van der Waals surface area contributed by atoms with Gasteiger partial charge in [-0.3, -0.25) is 9.48 Å². The van der Waals surface area contributed by atoms with E-state index in [1.807, 2.05) is 6.92 Å². The molecule has 2 aromatic heterocycles. The van der Waals surface area contributed by atoms with Gasteiger partial charge in [0, 0.05) is 56.7 Å². The lowest BCUT2D eigenvalue weighted by atomic mass is 9.93. The van der Waals surface area contributed by atoms with E-state index in [2.05, 4.69) is 16.2 Å². The lowest BCUT2D eigenvalue weighted by molar-refractivity contribution is 0.0602. The predicted molar refractivity (Wildman–Crippen MR) is 107 cm³/mol. The van der Waals surface area contributed by atoms with E-state index in [1.165, 1.54) is 5.56 Å². The fourth-order valence-corrected chi connectivity index (χ4v) is 4.76. The van der Waals surface area contributed by atoms with E-state index in [1.54, 1.807) is 0 Å². The van der Waals surface area contributed by atoms with Crippen LogP contribution in [0.1, 0.15) is 53.1 Å². The van der Waals surface area contributed by atoms with Crippen LogP contribution in [-0.4, -0.2) is 48.2 Å². The van der Waals surface area contributed by atoms with Gasteiger partial charge in [0.15, 0.2) is 5.76 Å². The summed E-state index contributed by atoms with van der Waals surface area (Å²) in [4.78, 5) is 12.7. The molecule has 2 aromatic rings. The van der Waals surface area contributed by atoms with Crippen molar-refractivity contribution in [3.63, 3.8) is 0 Å². The zero-order chi connectivity index (χ0) is 19.8. The molecule has 3 aliphatic rings. The van der Waals surface area contributed by atoms with Crippen LogP contribution in [0.5, 0.6) is 0 Å². The molecule has 156 valence electrons. The summed E-state index contributed by atoms with van der Waals surface area (Å²) in [5.74, 6) is 1.76. The Labute approximate surface area is 170 Å². The Bertz CT molecular complexity index is 888. The first-order valence-corrected chi connectivity index (χ1v) is 10.9. The fraction of sp³-hybridized carbons (Fsp3) is 0.636. The Hall–Kier alpha value is -2.12. The molecule has 0 aromatic carbocycles. The summed E-state index contributed by atoms with van der Waals surface area (Å²) in [5.41, 5.74) is 4.14.